The maximum absolute atomic E-state index is 11.3. The molecule has 2 N–H and O–H groups in total. The van der Waals surface area contributed by atoms with Crippen LogP contribution < -0.4 is 5.32 Å². The van der Waals surface area contributed by atoms with Crippen molar-refractivity contribution in [3.8, 4) is 0 Å². The minimum atomic E-state index is -0.951. The Kier molecular flexibility index (Phi) is 10.6. The molecular formula is C14H29NO5. The lowest BCUT2D eigenvalue weighted by molar-refractivity contribution is -0.145. The molecule has 0 aliphatic rings. The Labute approximate surface area is 121 Å². The lowest BCUT2D eigenvalue weighted by Crippen LogP contribution is -2.53. The largest absolute Gasteiger partial charge is 0.480 e. The van der Waals surface area contributed by atoms with Gasteiger partial charge in [-0.1, -0.05) is 0 Å². The molecule has 120 valence electrons. The zero-order valence-corrected chi connectivity index (χ0v) is 13.1. The van der Waals surface area contributed by atoms with Gasteiger partial charge in [0, 0.05) is 33.0 Å². The highest BCUT2D eigenvalue weighted by Gasteiger charge is 2.32. The van der Waals surface area contributed by atoms with E-state index in [-0.39, 0.29) is 6.04 Å². The molecular weight excluding hydrogens is 262 g/mol. The first-order valence-electron chi connectivity index (χ1n) is 7.08. The summed E-state index contributed by atoms with van der Waals surface area (Å²) in [6.07, 6.45) is 1.29. The highest BCUT2D eigenvalue weighted by molar-refractivity contribution is 5.78. The van der Waals surface area contributed by atoms with Gasteiger partial charge in [0.15, 0.2) is 0 Å². The number of nitrogens with one attached hydrogen (secondary N) is 1. The number of hydrogen-bond donors (Lipinski definition) is 2. The second-order valence-electron chi connectivity index (χ2n) is 5.26. The minimum Gasteiger partial charge on any atom is -0.480 e. The van der Waals surface area contributed by atoms with Crippen LogP contribution in [-0.4, -0.2) is 62.8 Å². The summed E-state index contributed by atoms with van der Waals surface area (Å²) in [5, 5.41) is 12.3. The van der Waals surface area contributed by atoms with E-state index in [1.807, 2.05) is 13.8 Å². The predicted octanol–water partition coefficient (Wildman–Crippen LogP) is 1.29. The zero-order valence-electron chi connectivity index (χ0n) is 13.1. The van der Waals surface area contributed by atoms with Crippen LogP contribution in [0.5, 0.6) is 0 Å². The molecule has 0 saturated carbocycles. The molecule has 0 aliphatic heterocycles. The van der Waals surface area contributed by atoms with E-state index in [1.165, 1.54) is 0 Å². The number of ether oxygens (including phenoxy) is 3. The standard InChI is InChI=1S/C14H29NO5/c1-12(2)15-14(3,13(16)17)6-9-20-11-10-19-8-5-7-18-4/h12,15H,5-11H2,1-4H3,(H,16,17). The normalized spacial score (nSPS) is 14.4. The van der Waals surface area contributed by atoms with Crippen molar-refractivity contribution in [1.82, 2.24) is 5.32 Å². The summed E-state index contributed by atoms with van der Waals surface area (Å²) in [6.45, 7) is 8.27. The third kappa shape index (κ3) is 9.25. The molecule has 0 rings (SSSR count). The van der Waals surface area contributed by atoms with Crippen molar-refractivity contribution >= 4 is 5.97 Å². The second-order valence-corrected chi connectivity index (χ2v) is 5.26. The van der Waals surface area contributed by atoms with Gasteiger partial charge in [-0.05, 0) is 33.6 Å². The highest BCUT2D eigenvalue weighted by Crippen LogP contribution is 2.11. The summed E-state index contributed by atoms with van der Waals surface area (Å²) in [5.74, 6) is -0.856. The van der Waals surface area contributed by atoms with Crippen LogP contribution in [0.3, 0.4) is 0 Å². The van der Waals surface area contributed by atoms with Crippen molar-refractivity contribution < 1.29 is 24.1 Å². The monoisotopic (exact) mass is 291 g/mol. The Bertz CT molecular complexity index is 260. The third-order valence-electron chi connectivity index (χ3n) is 2.83. The van der Waals surface area contributed by atoms with Gasteiger partial charge in [-0.25, -0.2) is 0 Å². The highest BCUT2D eigenvalue weighted by atomic mass is 16.5. The van der Waals surface area contributed by atoms with Crippen molar-refractivity contribution in [2.45, 2.75) is 45.2 Å². The van der Waals surface area contributed by atoms with E-state index in [1.54, 1.807) is 14.0 Å². The van der Waals surface area contributed by atoms with Gasteiger partial charge in [0.1, 0.15) is 5.54 Å². The summed E-state index contributed by atoms with van der Waals surface area (Å²) in [5.41, 5.74) is -0.951. The maximum atomic E-state index is 11.3. The van der Waals surface area contributed by atoms with Gasteiger partial charge in [0.25, 0.3) is 0 Å². The maximum Gasteiger partial charge on any atom is 0.323 e. The van der Waals surface area contributed by atoms with Gasteiger partial charge < -0.3 is 19.3 Å². The predicted molar refractivity (Wildman–Crippen MR) is 77.1 cm³/mol. The molecule has 0 saturated heterocycles. The first kappa shape index (κ1) is 19.3. The molecule has 6 nitrogen and oxygen atoms in total. The van der Waals surface area contributed by atoms with Crippen LogP contribution in [0.4, 0.5) is 0 Å². The van der Waals surface area contributed by atoms with Crippen LogP contribution in [0.25, 0.3) is 0 Å². The van der Waals surface area contributed by atoms with Crippen molar-refractivity contribution in [2.75, 3.05) is 40.1 Å². The van der Waals surface area contributed by atoms with Gasteiger partial charge in [0.05, 0.1) is 13.2 Å². The van der Waals surface area contributed by atoms with E-state index in [0.717, 1.165) is 6.42 Å². The Hall–Kier alpha value is -0.690. The molecule has 0 spiro atoms. The molecule has 0 aliphatic carbocycles. The number of aliphatic carboxylic acids is 1. The van der Waals surface area contributed by atoms with Crippen LogP contribution in [0.2, 0.25) is 0 Å². The van der Waals surface area contributed by atoms with Gasteiger partial charge in [0.2, 0.25) is 0 Å². The first-order valence-corrected chi connectivity index (χ1v) is 7.08. The molecule has 1 atom stereocenters. The molecule has 0 fully saturated rings. The molecule has 0 aromatic rings. The number of carboxylic acids is 1. The molecule has 0 bridgehead atoms. The molecule has 0 aromatic carbocycles. The molecule has 20 heavy (non-hydrogen) atoms. The van der Waals surface area contributed by atoms with Gasteiger partial charge in [-0.3, -0.25) is 10.1 Å². The van der Waals surface area contributed by atoms with Gasteiger partial charge in [-0.2, -0.15) is 0 Å². The Balaban J connectivity index is 3.67. The van der Waals surface area contributed by atoms with E-state index in [9.17, 15) is 9.90 Å². The fraction of sp³-hybridized carbons (Fsp3) is 0.929. The van der Waals surface area contributed by atoms with Crippen molar-refractivity contribution in [1.29, 1.82) is 0 Å². The van der Waals surface area contributed by atoms with Gasteiger partial charge in [-0.15, -0.1) is 0 Å². The fourth-order valence-corrected chi connectivity index (χ4v) is 1.78. The number of methoxy groups -OCH3 is 1. The average Bonchev–Trinajstić information content (AvgIpc) is 2.35. The van der Waals surface area contributed by atoms with Crippen LogP contribution in [0, 0.1) is 0 Å². The molecule has 0 radical (unpaired) electrons. The summed E-state index contributed by atoms with van der Waals surface area (Å²) in [4.78, 5) is 11.3. The summed E-state index contributed by atoms with van der Waals surface area (Å²) in [6, 6.07) is 0.111. The van der Waals surface area contributed by atoms with Crippen molar-refractivity contribution in [3.05, 3.63) is 0 Å². The quantitative estimate of drug-likeness (QED) is 0.498. The minimum absolute atomic E-state index is 0.111. The fourth-order valence-electron chi connectivity index (χ4n) is 1.78. The molecule has 0 amide bonds. The van der Waals surface area contributed by atoms with E-state index >= 15 is 0 Å². The zero-order chi connectivity index (χ0) is 15.4. The topological polar surface area (TPSA) is 77.0 Å². The SMILES string of the molecule is COCCCOCCOCCC(C)(NC(C)C)C(=O)O. The second kappa shape index (κ2) is 11.0. The lowest BCUT2D eigenvalue weighted by Gasteiger charge is -2.28. The lowest BCUT2D eigenvalue weighted by atomic mass is 9.97. The van der Waals surface area contributed by atoms with Crippen LogP contribution >= 0.6 is 0 Å². The smallest absolute Gasteiger partial charge is 0.323 e. The number of carbonyl (C=O) groups is 1. The van der Waals surface area contributed by atoms with Gasteiger partial charge >= 0.3 is 5.97 Å². The number of carboxylic acid groups (broad SMARTS) is 1. The number of hydrogen-bond acceptors (Lipinski definition) is 5. The van der Waals surface area contributed by atoms with Crippen molar-refractivity contribution in [3.63, 3.8) is 0 Å². The summed E-state index contributed by atoms with van der Waals surface area (Å²) in [7, 11) is 1.66. The van der Waals surface area contributed by atoms with E-state index in [4.69, 9.17) is 14.2 Å². The Morgan fingerprint density at radius 2 is 1.75 bits per heavy atom. The summed E-state index contributed by atoms with van der Waals surface area (Å²) < 4.78 is 15.7. The Morgan fingerprint density at radius 1 is 1.15 bits per heavy atom. The average molecular weight is 291 g/mol. The van der Waals surface area contributed by atoms with E-state index in [0.29, 0.717) is 39.5 Å². The molecule has 0 heterocycles. The van der Waals surface area contributed by atoms with Crippen LogP contribution in [-0.2, 0) is 19.0 Å². The Morgan fingerprint density at radius 3 is 2.25 bits per heavy atom. The van der Waals surface area contributed by atoms with E-state index < -0.39 is 11.5 Å². The van der Waals surface area contributed by atoms with Crippen molar-refractivity contribution in [2.24, 2.45) is 0 Å². The van der Waals surface area contributed by atoms with E-state index in [2.05, 4.69) is 5.32 Å². The van der Waals surface area contributed by atoms with Crippen LogP contribution in [0.1, 0.15) is 33.6 Å². The summed E-state index contributed by atoms with van der Waals surface area (Å²) >= 11 is 0. The first-order chi connectivity index (χ1) is 9.42. The molecule has 0 aromatic heterocycles. The van der Waals surface area contributed by atoms with Crippen LogP contribution in [0.15, 0.2) is 0 Å². The molecule has 1 unspecified atom stereocenters. The number of rotatable bonds is 13. The third-order valence-corrected chi connectivity index (χ3v) is 2.83. The molecule has 6 heteroatoms.